The summed E-state index contributed by atoms with van der Waals surface area (Å²) in [6, 6.07) is 3.88. The van der Waals surface area contributed by atoms with E-state index in [0.29, 0.717) is 6.42 Å². The third-order valence-electron chi connectivity index (χ3n) is 2.16. The van der Waals surface area contributed by atoms with Crippen molar-refractivity contribution in [2.75, 3.05) is 0 Å². The van der Waals surface area contributed by atoms with Gasteiger partial charge in [0.25, 0.3) is 0 Å². The third kappa shape index (κ3) is 2.90. The van der Waals surface area contributed by atoms with Crippen LogP contribution in [0.5, 0.6) is 0 Å². The second kappa shape index (κ2) is 5.66. The Labute approximate surface area is 98.6 Å². The van der Waals surface area contributed by atoms with E-state index in [4.69, 9.17) is 0 Å². The molecule has 1 nitrogen and oxygen atoms in total. The van der Waals surface area contributed by atoms with Gasteiger partial charge in [0, 0.05) is 10.0 Å². The molecule has 0 saturated heterocycles. The van der Waals surface area contributed by atoms with Crippen molar-refractivity contribution in [3.05, 3.63) is 58.6 Å². The highest BCUT2D eigenvalue weighted by Gasteiger charge is 2.05. The van der Waals surface area contributed by atoms with Crippen LogP contribution < -0.4 is 0 Å². The minimum atomic E-state index is 0.709. The first-order valence-corrected chi connectivity index (χ1v) is 5.50. The van der Waals surface area contributed by atoms with E-state index in [-0.39, 0.29) is 0 Å². The summed E-state index contributed by atoms with van der Waals surface area (Å²) in [6.45, 7) is 7.36. The molecule has 0 aliphatic rings. The fourth-order valence-electron chi connectivity index (χ4n) is 1.43. The van der Waals surface area contributed by atoms with Crippen LogP contribution in [0, 0.1) is 0 Å². The van der Waals surface area contributed by atoms with E-state index in [1.807, 2.05) is 18.2 Å². The second-order valence-corrected chi connectivity index (χ2v) is 4.10. The maximum atomic E-state index is 10.9. The number of allylic oxidation sites excluding steroid dienone is 2. The molecule has 0 atom stereocenters. The van der Waals surface area contributed by atoms with Crippen LogP contribution in [-0.2, 0) is 12.8 Å². The van der Waals surface area contributed by atoms with Gasteiger partial charge in [-0.1, -0.05) is 28.1 Å². The molecule has 2 heteroatoms. The number of hydrogen-bond acceptors (Lipinski definition) is 1. The molecule has 0 bridgehead atoms. The molecule has 0 aliphatic heterocycles. The van der Waals surface area contributed by atoms with Crippen LogP contribution in [0.15, 0.2) is 41.9 Å². The van der Waals surface area contributed by atoms with Crippen molar-refractivity contribution in [2.45, 2.75) is 12.8 Å². The lowest BCUT2D eigenvalue weighted by Crippen LogP contribution is -1.95. The maximum absolute atomic E-state index is 10.9. The summed E-state index contributed by atoms with van der Waals surface area (Å²) in [6.07, 6.45) is 5.97. The summed E-state index contributed by atoms with van der Waals surface area (Å²) >= 11 is 3.48. The van der Waals surface area contributed by atoms with Gasteiger partial charge in [-0.2, -0.15) is 0 Å². The van der Waals surface area contributed by atoms with Gasteiger partial charge in [0.05, 0.1) is 0 Å². The van der Waals surface area contributed by atoms with Gasteiger partial charge in [-0.3, -0.25) is 4.79 Å². The number of benzene rings is 1. The van der Waals surface area contributed by atoms with Crippen LogP contribution >= 0.6 is 15.9 Å². The van der Waals surface area contributed by atoms with Gasteiger partial charge >= 0.3 is 0 Å². The Bertz CT molecular complexity index is 394. The molecule has 78 valence electrons. The molecule has 1 aromatic rings. The zero-order valence-electron chi connectivity index (χ0n) is 8.50. The molecular weight excluding hydrogens is 252 g/mol. The molecule has 0 spiro atoms. The quantitative estimate of drug-likeness (QED) is 0.585. The van der Waals surface area contributed by atoms with Crippen LogP contribution in [0.25, 0.3) is 0 Å². The molecule has 0 N–H and O–H groups in total. The van der Waals surface area contributed by atoms with Crippen molar-refractivity contribution in [1.82, 2.24) is 0 Å². The summed E-state index contributed by atoms with van der Waals surface area (Å²) in [4.78, 5) is 10.9. The Morgan fingerprint density at radius 2 is 1.73 bits per heavy atom. The van der Waals surface area contributed by atoms with Gasteiger partial charge in [0.2, 0.25) is 0 Å². The number of halogens is 1. The number of rotatable bonds is 5. The average molecular weight is 265 g/mol. The Balaban J connectivity index is 3.21. The number of carbonyl (C=O) groups is 1. The fraction of sp³-hybridized carbons (Fsp3) is 0.154. The van der Waals surface area contributed by atoms with E-state index in [1.54, 1.807) is 6.08 Å². The van der Waals surface area contributed by atoms with Crippen LogP contribution in [0.3, 0.4) is 0 Å². The van der Waals surface area contributed by atoms with Crippen molar-refractivity contribution in [2.24, 2.45) is 0 Å². The van der Waals surface area contributed by atoms with Gasteiger partial charge in [-0.05, 0) is 36.1 Å². The highest BCUT2D eigenvalue weighted by molar-refractivity contribution is 9.10. The fourth-order valence-corrected chi connectivity index (χ4v) is 1.98. The van der Waals surface area contributed by atoms with Gasteiger partial charge in [0.1, 0.15) is 6.29 Å². The Hall–Kier alpha value is -1.15. The Morgan fingerprint density at radius 3 is 2.27 bits per heavy atom. The van der Waals surface area contributed by atoms with Crippen molar-refractivity contribution < 1.29 is 4.79 Å². The van der Waals surface area contributed by atoms with E-state index < -0.39 is 0 Å². The minimum Gasteiger partial charge on any atom is -0.298 e. The number of hydrogen-bond donors (Lipinski definition) is 0. The summed E-state index contributed by atoms with van der Waals surface area (Å²) in [5.74, 6) is 0. The zero-order chi connectivity index (χ0) is 11.3. The van der Waals surface area contributed by atoms with Crippen LogP contribution in [-0.4, -0.2) is 6.29 Å². The van der Waals surface area contributed by atoms with Crippen molar-refractivity contribution in [1.29, 1.82) is 0 Å². The molecule has 0 saturated carbocycles. The number of carbonyl (C=O) groups excluding carboxylic acids is 1. The van der Waals surface area contributed by atoms with E-state index in [9.17, 15) is 4.79 Å². The summed E-state index contributed by atoms with van der Waals surface area (Å²) in [5, 5.41) is 0. The SMILES string of the molecule is C=CCc1cc(C=O)c(CC=C)cc1Br. The Kier molecular flexibility index (Phi) is 4.50. The second-order valence-electron chi connectivity index (χ2n) is 3.25. The lowest BCUT2D eigenvalue weighted by atomic mass is 10.0. The van der Waals surface area contributed by atoms with Crippen LogP contribution in [0.2, 0.25) is 0 Å². The molecule has 0 heterocycles. The van der Waals surface area contributed by atoms with E-state index in [2.05, 4.69) is 29.1 Å². The van der Waals surface area contributed by atoms with Gasteiger partial charge in [0.15, 0.2) is 0 Å². The molecule has 0 aliphatic carbocycles. The van der Waals surface area contributed by atoms with Crippen LogP contribution in [0.1, 0.15) is 21.5 Å². The minimum absolute atomic E-state index is 0.709. The highest BCUT2D eigenvalue weighted by Crippen LogP contribution is 2.22. The first kappa shape index (κ1) is 11.9. The van der Waals surface area contributed by atoms with Crippen molar-refractivity contribution in [3.8, 4) is 0 Å². The zero-order valence-corrected chi connectivity index (χ0v) is 10.1. The molecular formula is C13H13BrO. The van der Waals surface area contributed by atoms with Crippen LogP contribution in [0.4, 0.5) is 0 Å². The standard InChI is InChI=1S/C13H13BrO/c1-3-5-10-8-13(14)11(6-4-2)7-12(10)9-15/h3-4,7-9H,1-2,5-6H2. The summed E-state index contributed by atoms with van der Waals surface area (Å²) in [7, 11) is 0. The average Bonchev–Trinajstić information content (AvgIpc) is 2.22. The van der Waals surface area contributed by atoms with Crippen molar-refractivity contribution >= 4 is 22.2 Å². The van der Waals surface area contributed by atoms with E-state index in [1.165, 1.54) is 0 Å². The largest absolute Gasteiger partial charge is 0.298 e. The van der Waals surface area contributed by atoms with E-state index in [0.717, 1.165) is 33.9 Å². The molecule has 0 radical (unpaired) electrons. The van der Waals surface area contributed by atoms with Gasteiger partial charge in [-0.25, -0.2) is 0 Å². The van der Waals surface area contributed by atoms with E-state index >= 15 is 0 Å². The normalized spacial score (nSPS) is 9.67. The summed E-state index contributed by atoms with van der Waals surface area (Å²) in [5.41, 5.74) is 2.81. The first-order chi connectivity index (χ1) is 7.22. The molecule has 0 unspecified atom stereocenters. The van der Waals surface area contributed by atoms with Gasteiger partial charge in [-0.15, -0.1) is 13.2 Å². The van der Waals surface area contributed by atoms with Gasteiger partial charge < -0.3 is 0 Å². The molecule has 1 rings (SSSR count). The molecule has 1 aromatic carbocycles. The summed E-state index contributed by atoms with van der Waals surface area (Å²) < 4.78 is 1.02. The highest BCUT2D eigenvalue weighted by atomic mass is 79.9. The topological polar surface area (TPSA) is 17.1 Å². The Morgan fingerprint density at radius 1 is 1.13 bits per heavy atom. The smallest absolute Gasteiger partial charge is 0.150 e. The number of aldehydes is 1. The molecule has 0 aromatic heterocycles. The molecule has 0 amide bonds. The first-order valence-electron chi connectivity index (χ1n) is 4.71. The predicted octanol–water partition coefficient (Wildman–Crippen LogP) is 3.72. The third-order valence-corrected chi connectivity index (χ3v) is 2.90. The van der Waals surface area contributed by atoms with Crippen molar-refractivity contribution in [3.63, 3.8) is 0 Å². The lowest BCUT2D eigenvalue weighted by molar-refractivity contribution is 0.112. The lowest BCUT2D eigenvalue weighted by Gasteiger charge is -2.07. The molecule has 0 fully saturated rings. The monoisotopic (exact) mass is 264 g/mol. The molecule has 15 heavy (non-hydrogen) atoms. The maximum Gasteiger partial charge on any atom is 0.150 e. The predicted molar refractivity (Wildman–Crippen MR) is 67.3 cm³/mol.